The molecule has 1 rings (SSSR count). The number of rotatable bonds is 6. The molecule has 0 aliphatic rings. The molecule has 2 nitrogen and oxygen atoms in total. The van der Waals surface area contributed by atoms with Crippen LogP contribution in [0, 0.1) is 5.92 Å². The van der Waals surface area contributed by atoms with Gasteiger partial charge in [-0.2, -0.15) is 0 Å². The monoisotopic (exact) mass is 357 g/mol. The first-order valence-electron chi connectivity index (χ1n) is 7.20. The number of hydrogen-bond acceptors (Lipinski definition) is 2. The zero-order valence-corrected chi connectivity index (χ0v) is 15.2. The van der Waals surface area contributed by atoms with Gasteiger partial charge in [0.2, 0.25) is 0 Å². The number of hydrogen-bond donors (Lipinski definition) is 1. The van der Waals surface area contributed by atoms with Crippen LogP contribution in [-0.2, 0) is 0 Å². The number of nitrogens with zero attached hydrogens (tertiary/aromatic N) is 1. The van der Waals surface area contributed by atoms with E-state index in [1.165, 1.54) is 0 Å². The molecule has 1 amide bonds. The van der Waals surface area contributed by atoms with Gasteiger partial charge >= 0.3 is 0 Å². The standard InChI is InChI=1S/C16H24BrNOS/c1-5-12(6-2)18(10-11(3)4)16(19)14-9-13(20)7-8-15(14)17/h7-9,11-12,20H,5-6,10H2,1-4H3. The largest absolute Gasteiger partial charge is 0.335 e. The van der Waals surface area contributed by atoms with E-state index < -0.39 is 0 Å². The topological polar surface area (TPSA) is 20.3 Å². The van der Waals surface area contributed by atoms with Crippen molar-refractivity contribution >= 4 is 34.5 Å². The van der Waals surface area contributed by atoms with Gasteiger partial charge < -0.3 is 4.90 Å². The molecule has 0 saturated heterocycles. The molecule has 1 aromatic rings. The summed E-state index contributed by atoms with van der Waals surface area (Å²) in [6.45, 7) is 9.35. The second kappa shape index (κ2) is 8.08. The van der Waals surface area contributed by atoms with Gasteiger partial charge in [0.1, 0.15) is 0 Å². The van der Waals surface area contributed by atoms with Gasteiger partial charge in [0.05, 0.1) is 5.56 Å². The first-order valence-corrected chi connectivity index (χ1v) is 8.44. The van der Waals surface area contributed by atoms with Crippen LogP contribution in [0.1, 0.15) is 50.9 Å². The molecule has 0 unspecified atom stereocenters. The van der Waals surface area contributed by atoms with E-state index >= 15 is 0 Å². The van der Waals surface area contributed by atoms with Crippen molar-refractivity contribution in [1.29, 1.82) is 0 Å². The minimum absolute atomic E-state index is 0.0928. The third kappa shape index (κ3) is 4.52. The molecule has 1 aromatic carbocycles. The zero-order valence-electron chi connectivity index (χ0n) is 12.7. The number of carbonyl (C=O) groups is 1. The van der Waals surface area contributed by atoms with E-state index in [2.05, 4.69) is 56.3 Å². The smallest absolute Gasteiger partial charge is 0.255 e. The molecule has 0 radical (unpaired) electrons. The number of halogens is 1. The van der Waals surface area contributed by atoms with Crippen LogP contribution in [0.15, 0.2) is 27.6 Å². The Morgan fingerprint density at radius 3 is 2.40 bits per heavy atom. The quantitative estimate of drug-likeness (QED) is 0.708. The Bertz CT molecular complexity index is 458. The lowest BCUT2D eigenvalue weighted by Gasteiger charge is -2.32. The minimum Gasteiger partial charge on any atom is -0.335 e. The molecule has 0 fully saturated rings. The third-order valence-corrected chi connectivity index (χ3v) is 4.36. The molecular weight excluding hydrogens is 334 g/mol. The lowest BCUT2D eigenvalue weighted by molar-refractivity contribution is 0.0639. The number of benzene rings is 1. The number of carbonyl (C=O) groups excluding carboxylic acids is 1. The lowest BCUT2D eigenvalue weighted by Crippen LogP contribution is -2.42. The van der Waals surface area contributed by atoms with Crippen LogP contribution in [-0.4, -0.2) is 23.4 Å². The molecule has 0 atom stereocenters. The van der Waals surface area contributed by atoms with E-state index in [4.69, 9.17) is 0 Å². The van der Waals surface area contributed by atoms with Crippen LogP contribution in [0.2, 0.25) is 0 Å². The molecule has 0 aliphatic heterocycles. The molecule has 0 spiro atoms. The van der Waals surface area contributed by atoms with Crippen molar-refractivity contribution in [2.45, 2.75) is 51.5 Å². The maximum atomic E-state index is 12.9. The molecule has 4 heteroatoms. The highest BCUT2D eigenvalue weighted by molar-refractivity contribution is 9.10. The minimum atomic E-state index is 0.0928. The van der Waals surface area contributed by atoms with Gasteiger partial charge in [-0.1, -0.05) is 27.7 Å². The SMILES string of the molecule is CCC(CC)N(CC(C)C)C(=O)c1cc(S)ccc1Br. The lowest BCUT2D eigenvalue weighted by atomic mass is 10.1. The highest BCUT2D eigenvalue weighted by Crippen LogP contribution is 2.24. The normalized spacial score (nSPS) is 11.2. The number of amides is 1. The van der Waals surface area contributed by atoms with E-state index in [9.17, 15) is 4.79 Å². The summed E-state index contributed by atoms with van der Waals surface area (Å²) < 4.78 is 0.833. The zero-order chi connectivity index (χ0) is 15.3. The van der Waals surface area contributed by atoms with Crippen LogP contribution < -0.4 is 0 Å². The summed E-state index contributed by atoms with van der Waals surface area (Å²) in [5.74, 6) is 0.549. The van der Waals surface area contributed by atoms with Gasteiger partial charge in [0, 0.05) is 22.0 Å². The second-order valence-electron chi connectivity index (χ2n) is 5.49. The van der Waals surface area contributed by atoms with Gasteiger partial charge in [-0.25, -0.2) is 0 Å². The summed E-state index contributed by atoms with van der Waals surface area (Å²) in [6.07, 6.45) is 1.96. The predicted octanol–water partition coefficient (Wildman–Crippen LogP) is 5.02. The van der Waals surface area contributed by atoms with E-state index in [1.54, 1.807) is 0 Å². The van der Waals surface area contributed by atoms with Crippen LogP contribution >= 0.6 is 28.6 Å². The molecule has 0 N–H and O–H groups in total. The summed E-state index contributed by atoms with van der Waals surface area (Å²) in [6, 6.07) is 5.90. The van der Waals surface area contributed by atoms with Crippen molar-refractivity contribution in [3.05, 3.63) is 28.2 Å². The van der Waals surface area contributed by atoms with Crippen LogP contribution in [0.3, 0.4) is 0 Å². The molecule has 0 aliphatic carbocycles. The van der Waals surface area contributed by atoms with Gasteiger partial charge in [-0.05, 0) is 52.9 Å². The Morgan fingerprint density at radius 1 is 1.30 bits per heavy atom. The molecule has 20 heavy (non-hydrogen) atoms. The summed E-state index contributed by atoms with van der Waals surface area (Å²) in [4.78, 5) is 15.7. The molecule has 0 bridgehead atoms. The average molecular weight is 358 g/mol. The Morgan fingerprint density at radius 2 is 1.90 bits per heavy atom. The van der Waals surface area contributed by atoms with E-state index in [-0.39, 0.29) is 5.91 Å². The van der Waals surface area contributed by atoms with Crippen molar-refractivity contribution in [2.75, 3.05) is 6.54 Å². The maximum absolute atomic E-state index is 12.9. The average Bonchev–Trinajstić information content (AvgIpc) is 2.40. The number of thiol groups is 1. The summed E-state index contributed by atoms with van der Waals surface area (Å²) >= 11 is 7.82. The Balaban J connectivity index is 3.12. The fraction of sp³-hybridized carbons (Fsp3) is 0.562. The Kier molecular flexibility index (Phi) is 7.10. The summed E-state index contributed by atoms with van der Waals surface area (Å²) in [5.41, 5.74) is 0.699. The molecule has 0 heterocycles. The summed E-state index contributed by atoms with van der Waals surface area (Å²) in [7, 11) is 0. The van der Waals surface area contributed by atoms with Crippen molar-refractivity contribution in [3.63, 3.8) is 0 Å². The highest BCUT2D eigenvalue weighted by atomic mass is 79.9. The fourth-order valence-electron chi connectivity index (χ4n) is 2.35. The first kappa shape index (κ1) is 17.6. The second-order valence-corrected chi connectivity index (χ2v) is 6.86. The van der Waals surface area contributed by atoms with Crippen LogP contribution in [0.5, 0.6) is 0 Å². The van der Waals surface area contributed by atoms with Gasteiger partial charge in [0.15, 0.2) is 0 Å². The van der Waals surface area contributed by atoms with E-state index in [0.29, 0.717) is 17.5 Å². The fourth-order valence-corrected chi connectivity index (χ4v) is 2.97. The van der Waals surface area contributed by atoms with E-state index in [1.807, 2.05) is 23.1 Å². The predicted molar refractivity (Wildman–Crippen MR) is 91.6 cm³/mol. The van der Waals surface area contributed by atoms with Gasteiger partial charge in [0.25, 0.3) is 5.91 Å². The van der Waals surface area contributed by atoms with Gasteiger partial charge in [-0.3, -0.25) is 4.79 Å². The van der Waals surface area contributed by atoms with Crippen LogP contribution in [0.25, 0.3) is 0 Å². The molecule has 0 saturated carbocycles. The highest BCUT2D eigenvalue weighted by Gasteiger charge is 2.24. The molecular formula is C16H24BrNOS. The van der Waals surface area contributed by atoms with Crippen molar-refractivity contribution in [3.8, 4) is 0 Å². The third-order valence-electron chi connectivity index (χ3n) is 3.39. The van der Waals surface area contributed by atoms with Crippen molar-refractivity contribution in [2.24, 2.45) is 5.92 Å². The van der Waals surface area contributed by atoms with Crippen molar-refractivity contribution in [1.82, 2.24) is 4.90 Å². The van der Waals surface area contributed by atoms with Gasteiger partial charge in [-0.15, -0.1) is 12.6 Å². The first-order chi connectivity index (χ1) is 9.40. The molecule has 112 valence electrons. The Labute approximate surface area is 136 Å². The van der Waals surface area contributed by atoms with Crippen LogP contribution in [0.4, 0.5) is 0 Å². The molecule has 0 aromatic heterocycles. The maximum Gasteiger partial charge on any atom is 0.255 e. The summed E-state index contributed by atoms with van der Waals surface area (Å²) in [5, 5.41) is 0. The van der Waals surface area contributed by atoms with Crippen molar-refractivity contribution < 1.29 is 4.79 Å². The Hall–Kier alpha value is -0.480. The van der Waals surface area contributed by atoms with E-state index in [0.717, 1.165) is 28.8 Å².